The summed E-state index contributed by atoms with van der Waals surface area (Å²) in [5.41, 5.74) is 2.48. The summed E-state index contributed by atoms with van der Waals surface area (Å²) in [6.45, 7) is 9.63. The van der Waals surface area contributed by atoms with Crippen molar-refractivity contribution in [1.29, 1.82) is 0 Å². The fourth-order valence-electron chi connectivity index (χ4n) is 3.66. The molecule has 0 aromatic heterocycles. The smallest absolute Gasteiger partial charge is 0.0684 e. The number of aliphatic hydroxyl groups excluding tert-OH is 1. The first-order chi connectivity index (χ1) is 8.07. The molecule has 2 rings (SSSR count). The summed E-state index contributed by atoms with van der Waals surface area (Å²) in [7, 11) is 0. The molecule has 1 fully saturated rings. The predicted molar refractivity (Wildman–Crippen MR) is 71.8 cm³/mol. The molecule has 0 bridgehead atoms. The Morgan fingerprint density at radius 1 is 0.882 bits per heavy atom. The van der Waals surface area contributed by atoms with E-state index in [-0.39, 0.29) is 6.61 Å². The molecule has 1 heteroatoms. The molecule has 0 radical (unpaired) electrons. The highest BCUT2D eigenvalue weighted by molar-refractivity contribution is 5.32. The van der Waals surface area contributed by atoms with Crippen LogP contribution in [0.15, 0.2) is 24.3 Å². The molecule has 17 heavy (non-hydrogen) atoms. The Bertz CT molecular complexity index is 371. The summed E-state index contributed by atoms with van der Waals surface area (Å²) in [6.07, 6.45) is 0. The maximum absolute atomic E-state index is 9.48. The van der Waals surface area contributed by atoms with Crippen molar-refractivity contribution in [2.75, 3.05) is 0 Å². The highest BCUT2D eigenvalue weighted by Crippen LogP contribution is 2.51. The molecule has 4 unspecified atom stereocenters. The Hall–Kier alpha value is -0.820. The molecule has 94 valence electrons. The van der Waals surface area contributed by atoms with Gasteiger partial charge in [-0.25, -0.2) is 0 Å². The lowest BCUT2D eigenvalue weighted by molar-refractivity contribution is 0.277. The third kappa shape index (κ3) is 2.01. The van der Waals surface area contributed by atoms with E-state index >= 15 is 0 Å². The van der Waals surface area contributed by atoms with E-state index in [1.54, 1.807) is 0 Å². The predicted octanol–water partition coefficient (Wildman–Crippen LogP) is 3.82. The Labute approximate surface area is 105 Å². The monoisotopic (exact) mass is 232 g/mol. The Kier molecular flexibility index (Phi) is 3.58. The lowest BCUT2D eigenvalue weighted by atomic mass is 9.81. The van der Waals surface area contributed by atoms with Gasteiger partial charge in [0.15, 0.2) is 0 Å². The van der Waals surface area contributed by atoms with Crippen LogP contribution in [-0.4, -0.2) is 5.11 Å². The Balaban J connectivity index is 2.39. The van der Waals surface area contributed by atoms with E-state index in [1.807, 2.05) is 6.07 Å². The second kappa shape index (κ2) is 4.81. The normalized spacial score (nSPS) is 37.4. The minimum absolute atomic E-state index is 0.162. The number of aliphatic hydroxyl groups is 1. The summed E-state index contributed by atoms with van der Waals surface area (Å²) in [6, 6.07) is 8.38. The van der Waals surface area contributed by atoms with Gasteiger partial charge in [0.05, 0.1) is 6.61 Å². The van der Waals surface area contributed by atoms with Crippen molar-refractivity contribution >= 4 is 0 Å². The second-order valence-corrected chi connectivity index (χ2v) is 5.82. The van der Waals surface area contributed by atoms with E-state index in [2.05, 4.69) is 45.9 Å². The van der Waals surface area contributed by atoms with E-state index in [0.29, 0.717) is 17.8 Å². The van der Waals surface area contributed by atoms with Crippen LogP contribution in [0.4, 0.5) is 0 Å². The van der Waals surface area contributed by atoms with Crippen LogP contribution in [0.1, 0.15) is 44.7 Å². The summed E-state index contributed by atoms with van der Waals surface area (Å²) < 4.78 is 0. The van der Waals surface area contributed by atoms with Gasteiger partial charge in [-0.1, -0.05) is 52.0 Å². The van der Waals surface area contributed by atoms with Gasteiger partial charge in [0.25, 0.3) is 0 Å². The van der Waals surface area contributed by atoms with E-state index in [1.165, 1.54) is 5.56 Å². The molecule has 1 N–H and O–H groups in total. The highest BCUT2D eigenvalue weighted by atomic mass is 16.3. The van der Waals surface area contributed by atoms with Gasteiger partial charge in [0, 0.05) is 0 Å². The minimum Gasteiger partial charge on any atom is -0.392 e. The SMILES string of the molecule is CC1C(C)C(C)C(c2ccccc2CO)C1C. The molecule has 0 spiro atoms. The summed E-state index contributed by atoms with van der Waals surface area (Å²) in [4.78, 5) is 0. The molecule has 1 aliphatic rings. The van der Waals surface area contributed by atoms with Crippen LogP contribution in [0.5, 0.6) is 0 Å². The van der Waals surface area contributed by atoms with Gasteiger partial charge < -0.3 is 5.11 Å². The third-order valence-corrected chi connectivity index (χ3v) is 5.21. The fourth-order valence-corrected chi connectivity index (χ4v) is 3.66. The topological polar surface area (TPSA) is 20.2 Å². The lowest BCUT2D eigenvalue weighted by Crippen LogP contribution is -2.13. The van der Waals surface area contributed by atoms with Crippen molar-refractivity contribution in [3.8, 4) is 0 Å². The number of benzene rings is 1. The average molecular weight is 232 g/mol. The largest absolute Gasteiger partial charge is 0.392 e. The molecule has 1 aliphatic carbocycles. The quantitative estimate of drug-likeness (QED) is 0.822. The first-order valence-electron chi connectivity index (χ1n) is 6.76. The van der Waals surface area contributed by atoms with Crippen molar-refractivity contribution in [3.05, 3.63) is 35.4 Å². The van der Waals surface area contributed by atoms with Gasteiger partial charge in [-0.3, -0.25) is 0 Å². The van der Waals surface area contributed by atoms with Crippen LogP contribution in [0.3, 0.4) is 0 Å². The average Bonchev–Trinajstić information content (AvgIpc) is 2.54. The van der Waals surface area contributed by atoms with Gasteiger partial charge >= 0.3 is 0 Å². The molecule has 1 aromatic carbocycles. The van der Waals surface area contributed by atoms with Crippen LogP contribution in [0.2, 0.25) is 0 Å². The van der Waals surface area contributed by atoms with Gasteiger partial charge in [-0.2, -0.15) is 0 Å². The van der Waals surface area contributed by atoms with E-state index < -0.39 is 0 Å². The molecule has 0 saturated heterocycles. The van der Waals surface area contributed by atoms with E-state index in [4.69, 9.17) is 0 Å². The summed E-state index contributed by atoms with van der Waals surface area (Å²) in [5, 5.41) is 9.48. The second-order valence-electron chi connectivity index (χ2n) is 5.82. The maximum atomic E-state index is 9.48. The van der Waals surface area contributed by atoms with Crippen molar-refractivity contribution < 1.29 is 5.11 Å². The van der Waals surface area contributed by atoms with E-state index in [0.717, 1.165) is 17.4 Å². The number of hydrogen-bond donors (Lipinski definition) is 1. The Morgan fingerprint density at radius 2 is 1.41 bits per heavy atom. The standard InChI is InChI=1S/C16H24O/c1-10-11(2)13(4)16(12(10)3)15-8-6-5-7-14(15)9-17/h5-8,10-13,16-17H,9H2,1-4H3. The maximum Gasteiger partial charge on any atom is 0.0684 e. The first kappa shape index (κ1) is 12.6. The molecular weight excluding hydrogens is 208 g/mol. The molecule has 0 amide bonds. The third-order valence-electron chi connectivity index (χ3n) is 5.21. The molecule has 4 atom stereocenters. The van der Waals surface area contributed by atoms with Crippen LogP contribution >= 0.6 is 0 Å². The van der Waals surface area contributed by atoms with Crippen molar-refractivity contribution in [1.82, 2.24) is 0 Å². The van der Waals surface area contributed by atoms with Gasteiger partial charge in [0.2, 0.25) is 0 Å². The van der Waals surface area contributed by atoms with Crippen LogP contribution in [-0.2, 0) is 6.61 Å². The molecule has 0 aliphatic heterocycles. The van der Waals surface area contributed by atoms with Gasteiger partial charge in [-0.15, -0.1) is 0 Å². The highest BCUT2D eigenvalue weighted by Gasteiger charge is 2.42. The minimum atomic E-state index is 0.162. The number of rotatable bonds is 2. The molecular formula is C16H24O. The zero-order chi connectivity index (χ0) is 12.6. The molecule has 1 saturated carbocycles. The van der Waals surface area contributed by atoms with E-state index in [9.17, 15) is 5.11 Å². The number of hydrogen-bond acceptors (Lipinski definition) is 1. The van der Waals surface area contributed by atoms with Crippen LogP contribution < -0.4 is 0 Å². The molecule has 1 nitrogen and oxygen atoms in total. The van der Waals surface area contributed by atoms with Crippen LogP contribution in [0.25, 0.3) is 0 Å². The lowest BCUT2D eigenvalue weighted by Gasteiger charge is -2.24. The summed E-state index contributed by atoms with van der Waals surface area (Å²) >= 11 is 0. The van der Waals surface area contributed by atoms with Crippen molar-refractivity contribution in [3.63, 3.8) is 0 Å². The Morgan fingerprint density at radius 3 is 1.94 bits per heavy atom. The van der Waals surface area contributed by atoms with Crippen molar-refractivity contribution in [2.24, 2.45) is 23.7 Å². The fraction of sp³-hybridized carbons (Fsp3) is 0.625. The molecule has 1 aromatic rings. The van der Waals surface area contributed by atoms with Crippen LogP contribution in [0, 0.1) is 23.7 Å². The van der Waals surface area contributed by atoms with Crippen molar-refractivity contribution in [2.45, 2.75) is 40.2 Å². The first-order valence-corrected chi connectivity index (χ1v) is 6.76. The zero-order valence-corrected chi connectivity index (χ0v) is 11.4. The summed E-state index contributed by atoms with van der Waals surface area (Å²) in [5.74, 6) is 3.53. The zero-order valence-electron chi connectivity index (χ0n) is 11.4. The van der Waals surface area contributed by atoms with Gasteiger partial charge in [-0.05, 0) is 40.7 Å². The molecule has 0 heterocycles. The van der Waals surface area contributed by atoms with Gasteiger partial charge in [0.1, 0.15) is 0 Å².